The van der Waals surface area contributed by atoms with Gasteiger partial charge in [0, 0.05) is 18.0 Å². The summed E-state index contributed by atoms with van der Waals surface area (Å²) in [5.41, 5.74) is 3.28. The lowest BCUT2D eigenvalue weighted by molar-refractivity contribution is -0.121. The van der Waals surface area contributed by atoms with Crippen LogP contribution in [0.15, 0.2) is 88.8 Å². The lowest BCUT2D eigenvalue weighted by atomic mass is 9.90. The van der Waals surface area contributed by atoms with Crippen LogP contribution in [0.5, 0.6) is 0 Å². The van der Waals surface area contributed by atoms with Gasteiger partial charge < -0.3 is 0 Å². The van der Waals surface area contributed by atoms with Crippen molar-refractivity contribution in [3.05, 3.63) is 94.4 Å². The number of halogens is 1. The quantitative estimate of drug-likeness (QED) is 0.579. The van der Waals surface area contributed by atoms with Gasteiger partial charge in [-0.25, -0.2) is 4.99 Å². The Hall–Kier alpha value is -2.56. The van der Waals surface area contributed by atoms with Crippen molar-refractivity contribution in [2.24, 2.45) is 10.9 Å². The summed E-state index contributed by atoms with van der Waals surface area (Å²) in [6.07, 6.45) is 9.30. The van der Waals surface area contributed by atoms with Gasteiger partial charge in [-0.2, -0.15) is 0 Å². The van der Waals surface area contributed by atoms with E-state index in [4.69, 9.17) is 11.6 Å². The molecule has 1 atom stereocenters. The highest BCUT2D eigenvalue weighted by molar-refractivity contribution is 8.18. The van der Waals surface area contributed by atoms with Crippen LogP contribution in [0.2, 0.25) is 5.02 Å². The number of likely N-dealkylation sites (N-methyl/N-ethyl adjacent to an activating group) is 1. The van der Waals surface area contributed by atoms with Gasteiger partial charge in [-0.3, -0.25) is 9.69 Å². The highest BCUT2D eigenvalue weighted by Gasteiger charge is 2.31. The molecule has 0 saturated carbocycles. The summed E-state index contributed by atoms with van der Waals surface area (Å²) in [5, 5.41) is 1.34. The van der Waals surface area contributed by atoms with Crippen molar-refractivity contribution in [1.82, 2.24) is 4.90 Å². The van der Waals surface area contributed by atoms with Crippen LogP contribution in [0.25, 0.3) is 5.57 Å². The third kappa shape index (κ3) is 4.13. The molecule has 0 aromatic heterocycles. The van der Waals surface area contributed by atoms with Crippen molar-refractivity contribution < 1.29 is 4.79 Å². The summed E-state index contributed by atoms with van der Waals surface area (Å²) in [6.45, 7) is 0. The number of nitrogens with zero attached hydrogens (tertiary/aromatic N) is 2. The molecule has 1 unspecified atom stereocenters. The number of hydrogen-bond acceptors (Lipinski definition) is 3. The van der Waals surface area contributed by atoms with Crippen LogP contribution < -0.4 is 0 Å². The third-order valence-corrected chi connectivity index (χ3v) is 6.01. The minimum atomic E-state index is -0.0121. The Balaban J connectivity index is 1.52. The van der Waals surface area contributed by atoms with Crippen LogP contribution in [-0.2, 0) is 4.79 Å². The van der Waals surface area contributed by atoms with E-state index in [1.165, 1.54) is 22.9 Å². The summed E-state index contributed by atoms with van der Waals surface area (Å²) in [7, 11) is 1.76. The maximum absolute atomic E-state index is 12.7. The molecule has 1 heterocycles. The Morgan fingerprint density at radius 1 is 1.14 bits per heavy atom. The lowest BCUT2D eigenvalue weighted by Crippen LogP contribution is -2.23. The first kappa shape index (κ1) is 18.8. The van der Waals surface area contributed by atoms with Crippen LogP contribution in [-0.4, -0.2) is 23.0 Å². The zero-order valence-corrected chi connectivity index (χ0v) is 17.0. The minimum absolute atomic E-state index is 0.0121. The van der Waals surface area contributed by atoms with Crippen molar-refractivity contribution >= 4 is 45.7 Å². The number of allylic oxidation sites excluding steroid dienone is 5. The standard InChI is InChI=1S/C23H19ClN2OS/c1-26-22(27)21(28-23(26)25-20-12-10-19(24)11-13-20)15-16-6-5-9-18(14-16)17-7-3-2-4-8-17/h2-13,15-16H,14H2,1H3/b21-15-,25-23+. The number of thioether (sulfide) groups is 1. The molecule has 0 bridgehead atoms. The molecule has 28 heavy (non-hydrogen) atoms. The first-order valence-corrected chi connectivity index (χ1v) is 10.2. The van der Waals surface area contributed by atoms with Gasteiger partial charge in [0.15, 0.2) is 5.17 Å². The molecule has 5 heteroatoms. The fourth-order valence-corrected chi connectivity index (χ4v) is 4.33. The molecule has 1 saturated heterocycles. The normalized spacial score (nSPS) is 22.2. The van der Waals surface area contributed by atoms with E-state index in [-0.39, 0.29) is 11.8 Å². The maximum Gasteiger partial charge on any atom is 0.266 e. The second-order valence-corrected chi connectivity index (χ2v) is 8.12. The van der Waals surface area contributed by atoms with Crippen LogP contribution >= 0.6 is 23.4 Å². The minimum Gasteiger partial charge on any atom is -0.290 e. The molecular weight excluding hydrogens is 388 g/mol. The van der Waals surface area contributed by atoms with E-state index in [0.717, 1.165) is 17.0 Å². The van der Waals surface area contributed by atoms with Crippen molar-refractivity contribution in [3.8, 4) is 0 Å². The van der Waals surface area contributed by atoms with Gasteiger partial charge >= 0.3 is 0 Å². The Labute approximate surface area is 174 Å². The zero-order valence-electron chi connectivity index (χ0n) is 15.4. The van der Waals surface area contributed by atoms with Crippen molar-refractivity contribution in [2.75, 3.05) is 7.05 Å². The van der Waals surface area contributed by atoms with Gasteiger partial charge in [-0.1, -0.05) is 66.2 Å². The van der Waals surface area contributed by atoms with E-state index in [2.05, 4.69) is 41.4 Å². The molecule has 0 spiro atoms. The monoisotopic (exact) mass is 406 g/mol. The predicted molar refractivity (Wildman–Crippen MR) is 119 cm³/mol. The van der Waals surface area contributed by atoms with Crippen LogP contribution in [0.3, 0.4) is 0 Å². The van der Waals surface area contributed by atoms with Crippen LogP contribution in [0.1, 0.15) is 12.0 Å². The molecule has 0 N–H and O–H groups in total. The first-order valence-electron chi connectivity index (χ1n) is 9.05. The van der Waals surface area contributed by atoms with E-state index in [1.807, 2.05) is 30.3 Å². The van der Waals surface area contributed by atoms with Crippen LogP contribution in [0, 0.1) is 5.92 Å². The molecule has 2 aromatic rings. The molecule has 4 rings (SSSR count). The zero-order chi connectivity index (χ0) is 19.5. The SMILES string of the molecule is CN1C(=O)/C(=C/C2C=CC=C(c3ccccc3)C2)S/C1=N/c1ccc(Cl)cc1. The van der Waals surface area contributed by atoms with Gasteiger partial charge in [0.1, 0.15) is 0 Å². The fourth-order valence-electron chi connectivity index (χ4n) is 3.17. The van der Waals surface area contributed by atoms with E-state index in [1.54, 1.807) is 24.1 Å². The number of carbonyl (C=O) groups excluding carboxylic acids is 1. The predicted octanol–water partition coefficient (Wildman–Crippen LogP) is 6.08. The molecule has 3 nitrogen and oxygen atoms in total. The number of benzene rings is 2. The number of aliphatic imine (C=N–C) groups is 1. The molecular formula is C23H19ClN2OS. The summed E-state index contributed by atoms with van der Waals surface area (Å²) in [4.78, 5) is 19.6. The van der Waals surface area contributed by atoms with E-state index in [9.17, 15) is 4.79 Å². The van der Waals surface area contributed by atoms with Gasteiger partial charge in [-0.15, -0.1) is 0 Å². The Bertz CT molecular complexity index is 1010. The summed E-state index contributed by atoms with van der Waals surface area (Å²) >= 11 is 7.35. The van der Waals surface area contributed by atoms with Gasteiger partial charge in [-0.05, 0) is 53.6 Å². The van der Waals surface area contributed by atoms with Crippen molar-refractivity contribution in [1.29, 1.82) is 0 Å². The first-order chi connectivity index (χ1) is 13.6. The molecule has 1 aliphatic carbocycles. The smallest absolute Gasteiger partial charge is 0.266 e. The molecule has 140 valence electrons. The summed E-state index contributed by atoms with van der Waals surface area (Å²) in [6, 6.07) is 17.6. The Kier molecular flexibility index (Phi) is 5.51. The molecule has 1 fully saturated rings. The van der Waals surface area contributed by atoms with Crippen LogP contribution in [0.4, 0.5) is 5.69 Å². The van der Waals surface area contributed by atoms with E-state index in [0.29, 0.717) is 10.2 Å². The van der Waals surface area contributed by atoms with Crippen molar-refractivity contribution in [2.45, 2.75) is 6.42 Å². The molecule has 0 radical (unpaired) electrons. The summed E-state index contributed by atoms with van der Waals surface area (Å²) in [5.74, 6) is 0.178. The molecule has 2 aromatic carbocycles. The number of amidine groups is 1. The third-order valence-electron chi connectivity index (χ3n) is 4.68. The highest BCUT2D eigenvalue weighted by Crippen LogP contribution is 2.35. The van der Waals surface area contributed by atoms with Crippen molar-refractivity contribution in [3.63, 3.8) is 0 Å². The lowest BCUT2D eigenvalue weighted by Gasteiger charge is -2.16. The number of carbonyl (C=O) groups is 1. The number of hydrogen-bond donors (Lipinski definition) is 0. The second kappa shape index (κ2) is 8.21. The average molecular weight is 407 g/mol. The average Bonchev–Trinajstić information content (AvgIpc) is 2.98. The largest absolute Gasteiger partial charge is 0.290 e. The number of rotatable bonds is 3. The maximum atomic E-state index is 12.7. The van der Waals surface area contributed by atoms with Gasteiger partial charge in [0.05, 0.1) is 10.6 Å². The number of amides is 1. The van der Waals surface area contributed by atoms with E-state index < -0.39 is 0 Å². The van der Waals surface area contributed by atoms with Gasteiger partial charge in [0.2, 0.25) is 0 Å². The van der Waals surface area contributed by atoms with E-state index >= 15 is 0 Å². The second-order valence-electron chi connectivity index (χ2n) is 6.68. The Morgan fingerprint density at radius 2 is 1.89 bits per heavy atom. The van der Waals surface area contributed by atoms with Gasteiger partial charge in [0.25, 0.3) is 5.91 Å². The molecule has 1 amide bonds. The highest BCUT2D eigenvalue weighted by atomic mass is 35.5. The summed E-state index contributed by atoms with van der Waals surface area (Å²) < 4.78 is 0. The topological polar surface area (TPSA) is 32.7 Å². The Morgan fingerprint density at radius 3 is 2.64 bits per heavy atom. The molecule has 2 aliphatic rings. The fraction of sp³-hybridized carbons (Fsp3) is 0.130. The molecule has 1 aliphatic heterocycles.